The smallest absolute Gasteiger partial charge is 0.0751 e. The Kier molecular flexibility index (Phi) is 6.59. The molecule has 0 aromatic heterocycles. The normalized spacial score (nSPS) is 52.6. The molecule has 6 fully saturated rings. The molecule has 0 radical (unpaired) electrons. The summed E-state index contributed by atoms with van der Waals surface area (Å²) in [6.45, 7) is 14.0. The number of hydrogen-bond donors (Lipinski definition) is 2. The highest BCUT2D eigenvalue weighted by Crippen LogP contribution is 2.66. The largest absolute Gasteiger partial charge is 0.391 e. The third-order valence-electron chi connectivity index (χ3n) is 12.7. The van der Waals surface area contributed by atoms with Crippen LogP contribution in [0.2, 0.25) is 0 Å². The molecular weight excluding hydrogens is 436 g/mol. The Morgan fingerprint density at radius 2 is 1.26 bits per heavy atom. The molecule has 6 nitrogen and oxygen atoms in total. The Balaban J connectivity index is 1.21. The molecule has 0 aromatic carbocycles. The molecule has 6 rings (SSSR count). The summed E-state index contributed by atoms with van der Waals surface area (Å²) in [7, 11) is 4.45. The summed E-state index contributed by atoms with van der Waals surface area (Å²) in [5, 5.41) is 23.0. The van der Waals surface area contributed by atoms with Crippen molar-refractivity contribution in [1.29, 1.82) is 0 Å². The van der Waals surface area contributed by atoms with Gasteiger partial charge in [-0.25, -0.2) is 0 Å². The molecule has 6 aliphatic rings. The number of rotatable bonds is 2. The van der Waals surface area contributed by atoms with Gasteiger partial charge < -0.3 is 20.0 Å². The Bertz CT molecular complexity index is 766. The van der Waals surface area contributed by atoms with E-state index >= 15 is 0 Å². The Morgan fingerprint density at radius 1 is 0.657 bits per heavy atom. The maximum Gasteiger partial charge on any atom is 0.0751 e. The number of aliphatic hydroxyl groups excluding tert-OH is 2. The monoisotopic (exact) mass is 488 g/mol. The second kappa shape index (κ2) is 9.20. The van der Waals surface area contributed by atoms with Crippen molar-refractivity contribution < 1.29 is 10.2 Å². The summed E-state index contributed by atoms with van der Waals surface area (Å²) in [5.74, 6) is 2.85. The van der Waals surface area contributed by atoms with Crippen molar-refractivity contribution in [2.75, 3.05) is 66.5 Å². The minimum absolute atomic E-state index is 0.0867. The lowest BCUT2D eigenvalue weighted by atomic mass is 9.44. The van der Waals surface area contributed by atoms with E-state index in [2.05, 4.69) is 47.5 Å². The number of fused-ring (bicyclic) bond motifs is 5. The molecule has 0 amide bonds. The van der Waals surface area contributed by atoms with Gasteiger partial charge in [0.2, 0.25) is 0 Å². The maximum atomic E-state index is 11.7. The van der Waals surface area contributed by atoms with Crippen molar-refractivity contribution in [2.24, 2.45) is 34.5 Å². The van der Waals surface area contributed by atoms with Gasteiger partial charge in [-0.2, -0.15) is 0 Å². The number of hydrogen-bond acceptors (Lipinski definition) is 6. The molecular formula is C29H52N4O2. The number of likely N-dealkylation sites (N-methyl/N-ethyl adjacent to an activating group) is 2. The van der Waals surface area contributed by atoms with Gasteiger partial charge in [-0.15, -0.1) is 0 Å². The summed E-state index contributed by atoms with van der Waals surface area (Å²) in [5.41, 5.74) is 0.428. The third kappa shape index (κ3) is 4.04. The van der Waals surface area contributed by atoms with Crippen LogP contribution in [0.3, 0.4) is 0 Å². The van der Waals surface area contributed by atoms with Crippen LogP contribution in [-0.4, -0.2) is 121 Å². The van der Waals surface area contributed by atoms with E-state index in [1.165, 1.54) is 38.5 Å². The first-order valence-corrected chi connectivity index (χ1v) is 14.9. The number of nitrogens with zero attached hydrogens (tertiary/aromatic N) is 4. The zero-order valence-corrected chi connectivity index (χ0v) is 22.9. The molecule has 6 heteroatoms. The Morgan fingerprint density at radius 3 is 1.89 bits per heavy atom. The second-order valence-corrected chi connectivity index (χ2v) is 14.2. The highest BCUT2D eigenvalue weighted by molar-refractivity contribution is 5.14. The molecule has 0 spiro atoms. The van der Waals surface area contributed by atoms with Gasteiger partial charge in [0.25, 0.3) is 0 Å². The third-order valence-corrected chi connectivity index (χ3v) is 12.7. The quantitative estimate of drug-likeness (QED) is 0.622. The van der Waals surface area contributed by atoms with E-state index in [-0.39, 0.29) is 17.6 Å². The van der Waals surface area contributed by atoms with E-state index in [4.69, 9.17) is 0 Å². The van der Waals surface area contributed by atoms with Gasteiger partial charge in [-0.1, -0.05) is 13.8 Å². The molecule has 35 heavy (non-hydrogen) atoms. The predicted octanol–water partition coefficient (Wildman–Crippen LogP) is 2.20. The summed E-state index contributed by atoms with van der Waals surface area (Å²) in [4.78, 5) is 10.1. The minimum atomic E-state index is -0.173. The van der Waals surface area contributed by atoms with Gasteiger partial charge in [0.05, 0.1) is 12.2 Å². The second-order valence-electron chi connectivity index (χ2n) is 14.2. The van der Waals surface area contributed by atoms with Crippen LogP contribution in [0.1, 0.15) is 58.8 Å². The lowest BCUT2D eigenvalue weighted by Gasteiger charge is -2.62. The topological polar surface area (TPSA) is 53.4 Å². The molecule has 0 bridgehead atoms. The lowest BCUT2D eigenvalue weighted by molar-refractivity contribution is -0.155. The highest BCUT2D eigenvalue weighted by Gasteiger charge is 2.63. The van der Waals surface area contributed by atoms with Crippen LogP contribution in [0, 0.1) is 34.5 Å². The van der Waals surface area contributed by atoms with Gasteiger partial charge in [0, 0.05) is 64.4 Å². The van der Waals surface area contributed by atoms with E-state index < -0.39 is 0 Å². The zero-order chi connectivity index (χ0) is 24.5. The number of piperazine rings is 2. The molecule has 2 aliphatic heterocycles. The SMILES string of the molecule is CN1CCN([C@@H]2C[C@@H]3[C@H]4CC[C@H]5C[C@@H](O)[C@@H](N6CCN(C)CC6)C[C@]5(C)[C@@H]4CC[C@]3(C)[C@H]2O)CC1. The molecule has 2 saturated heterocycles. The van der Waals surface area contributed by atoms with Crippen molar-refractivity contribution >= 4 is 0 Å². The zero-order valence-electron chi connectivity index (χ0n) is 22.9. The summed E-state index contributed by atoms with van der Waals surface area (Å²) in [6, 6.07) is 0.693. The van der Waals surface area contributed by atoms with Gasteiger partial charge >= 0.3 is 0 Å². The van der Waals surface area contributed by atoms with Crippen LogP contribution >= 0.6 is 0 Å². The molecule has 10 atom stereocenters. The molecule has 0 unspecified atom stereocenters. The standard InChI is InChI=1S/C29H52N4O2/c1-28-8-7-22-21(23(28)18-24(27(28)35)32-13-9-30(3)10-14-32)6-5-20-17-26(34)25(19-29(20,22)2)33-15-11-31(4)12-16-33/h20-27,34-35H,5-19H2,1-4H3/t20-,21-,22+,23+,24+,25-,26+,27-,28-,29-/m0/s1. The Labute approximate surface area is 214 Å². The molecule has 4 saturated carbocycles. The van der Waals surface area contributed by atoms with Crippen molar-refractivity contribution in [3.63, 3.8) is 0 Å². The summed E-state index contributed by atoms with van der Waals surface area (Å²) < 4.78 is 0. The highest BCUT2D eigenvalue weighted by atomic mass is 16.3. The van der Waals surface area contributed by atoms with Gasteiger partial charge in [-0.05, 0) is 93.5 Å². The van der Waals surface area contributed by atoms with Crippen LogP contribution in [-0.2, 0) is 0 Å². The van der Waals surface area contributed by atoms with Crippen molar-refractivity contribution in [3.8, 4) is 0 Å². The molecule has 2 heterocycles. The van der Waals surface area contributed by atoms with Crippen LogP contribution in [0.25, 0.3) is 0 Å². The molecule has 4 aliphatic carbocycles. The van der Waals surface area contributed by atoms with Crippen molar-refractivity contribution in [1.82, 2.24) is 19.6 Å². The van der Waals surface area contributed by atoms with Gasteiger partial charge in [-0.3, -0.25) is 9.80 Å². The first kappa shape index (κ1) is 25.1. The Hall–Kier alpha value is -0.240. The van der Waals surface area contributed by atoms with Gasteiger partial charge in [0.15, 0.2) is 0 Å². The fourth-order valence-corrected chi connectivity index (χ4v) is 10.3. The van der Waals surface area contributed by atoms with E-state index in [0.29, 0.717) is 29.3 Å². The molecule has 200 valence electrons. The lowest BCUT2D eigenvalue weighted by Crippen LogP contribution is -2.61. The first-order chi connectivity index (χ1) is 16.7. The van der Waals surface area contributed by atoms with Gasteiger partial charge in [0.1, 0.15) is 0 Å². The fraction of sp³-hybridized carbons (Fsp3) is 1.00. The average molecular weight is 489 g/mol. The van der Waals surface area contributed by atoms with E-state index in [1.54, 1.807) is 0 Å². The van der Waals surface area contributed by atoms with Crippen LogP contribution in [0.15, 0.2) is 0 Å². The van der Waals surface area contributed by atoms with E-state index in [9.17, 15) is 10.2 Å². The summed E-state index contributed by atoms with van der Waals surface area (Å²) >= 11 is 0. The van der Waals surface area contributed by atoms with Crippen molar-refractivity contribution in [2.45, 2.75) is 83.1 Å². The molecule has 0 aromatic rings. The predicted molar refractivity (Wildman–Crippen MR) is 140 cm³/mol. The summed E-state index contributed by atoms with van der Waals surface area (Å²) in [6.07, 6.45) is 8.13. The fourth-order valence-electron chi connectivity index (χ4n) is 10.3. The molecule has 2 N–H and O–H groups in total. The van der Waals surface area contributed by atoms with Crippen LogP contribution in [0.4, 0.5) is 0 Å². The van der Waals surface area contributed by atoms with Crippen LogP contribution in [0.5, 0.6) is 0 Å². The first-order valence-electron chi connectivity index (χ1n) is 14.9. The van der Waals surface area contributed by atoms with E-state index in [1.807, 2.05) is 0 Å². The number of aliphatic hydroxyl groups is 2. The van der Waals surface area contributed by atoms with E-state index in [0.717, 1.165) is 70.6 Å². The van der Waals surface area contributed by atoms with Crippen LogP contribution < -0.4 is 0 Å². The minimum Gasteiger partial charge on any atom is -0.391 e. The maximum absolute atomic E-state index is 11.7. The van der Waals surface area contributed by atoms with Crippen molar-refractivity contribution in [3.05, 3.63) is 0 Å². The average Bonchev–Trinajstić information content (AvgIpc) is 3.11.